The Morgan fingerprint density at radius 1 is 0.702 bits per heavy atom. The largest absolute Gasteiger partial charge is 0.462 e. The van der Waals surface area contributed by atoms with Crippen LogP contribution in [0.25, 0.3) is 11.6 Å². The van der Waals surface area contributed by atoms with Crippen molar-refractivity contribution in [3.8, 4) is 0 Å². The van der Waals surface area contributed by atoms with Crippen LogP contribution in [0.2, 0.25) is 0 Å². The molecule has 1 aliphatic heterocycles. The summed E-state index contributed by atoms with van der Waals surface area (Å²) in [5.41, 5.74) is 10.1. The highest BCUT2D eigenvalue weighted by molar-refractivity contribution is 5.91. The van der Waals surface area contributed by atoms with Gasteiger partial charge in [-0.3, -0.25) is 0 Å². The third kappa shape index (κ3) is 8.95. The molecule has 0 amide bonds. The lowest BCUT2D eigenvalue weighted by Gasteiger charge is -2.26. The summed E-state index contributed by atoms with van der Waals surface area (Å²) in [5.74, 6) is -0.405. The molecule has 47 heavy (non-hydrogen) atoms. The fourth-order valence-corrected chi connectivity index (χ4v) is 5.42. The molecule has 0 aliphatic carbocycles. The summed E-state index contributed by atoms with van der Waals surface area (Å²) >= 11 is 0. The first-order chi connectivity index (χ1) is 23.2. The minimum atomic E-state index is -0.405. The van der Waals surface area contributed by atoms with E-state index in [1.54, 1.807) is 0 Å². The molecule has 0 spiro atoms. The molecule has 5 aromatic carbocycles. The topological polar surface area (TPSA) is 51.3 Å². The Labute approximate surface area is 277 Å². The second kappa shape index (κ2) is 15.9. The first-order valence-corrected chi connectivity index (χ1v) is 16.1. The van der Waals surface area contributed by atoms with E-state index in [9.17, 15) is 4.79 Å². The number of nitrogens with zero attached hydrogens (tertiary/aromatic N) is 1. The van der Waals surface area contributed by atoms with E-state index >= 15 is 0 Å². The van der Waals surface area contributed by atoms with E-state index in [0.29, 0.717) is 26.2 Å². The number of ether oxygens (including phenoxy) is 3. The molecule has 1 unspecified atom stereocenters. The van der Waals surface area contributed by atoms with Crippen molar-refractivity contribution in [1.29, 1.82) is 0 Å². The first kappa shape index (κ1) is 31.7. The van der Waals surface area contributed by atoms with Crippen LogP contribution in [0.1, 0.15) is 27.8 Å². The van der Waals surface area contributed by atoms with Gasteiger partial charge >= 0.3 is 5.97 Å². The lowest BCUT2D eigenvalue weighted by atomic mass is 9.95. The van der Waals surface area contributed by atoms with Gasteiger partial charge in [0.25, 0.3) is 0 Å². The summed E-state index contributed by atoms with van der Waals surface area (Å²) in [6.07, 6.45) is 5.21. The molecule has 0 saturated carbocycles. The number of anilines is 3. The van der Waals surface area contributed by atoms with Gasteiger partial charge in [-0.15, -0.1) is 0 Å². The molecule has 5 aromatic rings. The van der Waals surface area contributed by atoms with E-state index in [-0.39, 0.29) is 6.10 Å². The Balaban J connectivity index is 1.26. The zero-order valence-corrected chi connectivity index (χ0v) is 26.5. The standard InChI is InChI=1S/C42H39NO4/c1-2-42(44)46-28-26-33-15-21-38(22-16-33)43(37-19-13-32(14-20-37)25-27-45-30-40-31-47-40)39-23-17-34(18-24-39)29-41(35-9-5-3-6-10-35)36-11-7-4-8-12-36/h2-24,29,40H,1,25-28,30-31H2. The van der Waals surface area contributed by atoms with Gasteiger partial charge in [-0.25, -0.2) is 4.79 Å². The van der Waals surface area contributed by atoms with Crippen LogP contribution < -0.4 is 4.90 Å². The number of carbonyl (C=O) groups is 1. The molecule has 1 aliphatic rings. The molecule has 236 valence electrons. The molecule has 0 aromatic heterocycles. The van der Waals surface area contributed by atoms with Gasteiger partial charge in [-0.1, -0.05) is 104 Å². The van der Waals surface area contributed by atoms with E-state index in [4.69, 9.17) is 14.2 Å². The fraction of sp³-hybridized carbons (Fsp3) is 0.167. The molecule has 0 radical (unpaired) electrons. The Morgan fingerprint density at radius 3 is 1.68 bits per heavy atom. The van der Waals surface area contributed by atoms with Crippen molar-refractivity contribution in [2.75, 3.05) is 31.3 Å². The van der Waals surface area contributed by atoms with Gasteiger partial charge in [0.05, 0.1) is 26.4 Å². The highest BCUT2D eigenvalue weighted by atomic mass is 16.6. The number of esters is 1. The Morgan fingerprint density at radius 2 is 1.19 bits per heavy atom. The van der Waals surface area contributed by atoms with Crippen LogP contribution in [0, 0.1) is 0 Å². The van der Waals surface area contributed by atoms with Gasteiger partial charge in [0.1, 0.15) is 6.10 Å². The number of hydrogen-bond donors (Lipinski definition) is 0. The van der Waals surface area contributed by atoms with E-state index in [2.05, 4.69) is 139 Å². The number of rotatable bonds is 15. The predicted molar refractivity (Wildman–Crippen MR) is 190 cm³/mol. The van der Waals surface area contributed by atoms with Crippen LogP contribution in [0.5, 0.6) is 0 Å². The van der Waals surface area contributed by atoms with E-state index < -0.39 is 5.97 Å². The van der Waals surface area contributed by atoms with Crippen LogP contribution >= 0.6 is 0 Å². The maximum atomic E-state index is 11.5. The molecule has 1 fully saturated rings. The molecule has 1 saturated heterocycles. The third-order valence-electron chi connectivity index (χ3n) is 8.06. The second-order valence-electron chi connectivity index (χ2n) is 11.5. The van der Waals surface area contributed by atoms with Crippen LogP contribution in [0.3, 0.4) is 0 Å². The van der Waals surface area contributed by atoms with Gasteiger partial charge in [0, 0.05) is 29.6 Å². The van der Waals surface area contributed by atoms with Crippen LogP contribution in [-0.4, -0.2) is 38.5 Å². The lowest BCUT2D eigenvalue weighted by molar-refractivity contribution is -0.137. The SMILES string of the molecule is C=CC(=O)OCCc1ccc(N(c2ccc(C=C(c3ccccc3)c3ccccc3)cc2)c2ccc(CCOCC3CO3)cc2)cc1. The zero-order valence-electron chi connectivity index (χ0n) is 26.5. The van der Waals surface area contributed by atoms with Crippen molar-refractivity contribution in [3.63, 3.8) is 0 Å². The average molecular weight is 622 g/mol. The Kier molecular flexibility index (Phi) is 10.7. The maximum Gasteiger partial charge on any atom is 0.330 e. The average Bonchev–Trinajstić information content (AvgIpc) is 3.96. The molecule has 0 N–H and O–H groups in total. The summed E-state index contributed by atoms with van der Waals surface area (Å²) in [6.45, 7) is 5.93. The van der Waals surface area contributed by atoms with E-state index in [0.717, 1.165) is 41.2 Å². The lowest BCUT2D eigenvalue weighted by Crippen LogP contribution is -2.10. The smallest absolute Gasteiger partial charge is 0.330 e. The van der Waals surface area contributed by atoms with E-state index in [1.165, 1.54) is 28.3 Å². The van der Waals surface area contributed by atoms with Crippen LogP contribution in [0.15, 0.2) is 146 Å². The van der Waals surface area contributed by atoms with Crippen LogP contribution in [-0.2, 0) is 31.8 Å². The van der Waals surface area contributed by atoms with Gasteiger partial charge in [0.15, 0.2) is 0 Å². The number of benzene rings is 5. The second-order valence-corrected chi connectivity index (χ2v) is 11.5. The highest BCUT2D eigenvalue weighted by Crippen LogP contribution is 2.36. The summed E-state index contributed by atoms with van der Waals surface area (Å²) in [6, 6.07) is 46.8. The van der Waals surface area contributed by atoms with Crippen molar-refractivity contribution in [1.82, 2.24) is 0 Å². The van der Waals surface area contributed by atoms with Crippen molar-refractivity contribution in [2.45, 2.75) is 18.9 Å². The highest BCUT2D eigenvalue weighted by Gasteiger charge is 2.22. The minimum absolute atomic E-state index is 0.282. The quantitative estimate of drug-likeness (QED) is 0.0384. The van der Waals surface area contributed by atoms with Gasteiger partial charge in [-0.2, -0.15) is 0 Å². The fourth-order valence-electron chi connectivity index (χ4n) is 5.42. The van der Waals surface area contributed by atoms with Gasteiger partial charge < -0.3 is 19.1 Å². The predicted octanol–water partition coefficient (Wildman–Crippen LogP) is 8.97. The normalized spacial score (nSPS) is 13.4. The molecule has 0 bridgehead atoms. The summed E-state index contributed by atoms with van der Waals surface area (Å²) in [7, 11) is 0. The van der Waals surface area contributed by atoms with Crippen molar-refractivity contribution in [3.05, 3.63) is 174 Å². The summed E-state index contributed by atoms with van der Waals surface area (Å²) in [4.78, 5) is 13.7. The number of hydrogen-bond acceptors (Lipinski definition) is 5. The molecule has 5 heteroatoms. The molecular weight excluding hydrogens is 582 g/mol. The summed E-state index contributed by atoms with van der Waals surface area (Å²) in [5, 5.41) is 0. The van der Waals surface area contributed by atoms with E-state index in [1.807, 2.05) is 12.1 Å². The van der Waals surface area contributed by atoms with Gasteiger partial charge in [0.2, 0.25) is 0 Å². The maximum absolute atomic E-state index is 11.5. The molecule has 6 rings (SSSR count). The third-order valence-corrected chi connectivity index (χ3v) is 8.06. The first-order valence-electron chi connectivity index (χ1n) is 16.1. The molecular formula is C42H39NO4. The molecule has 1 atom stereocenters. The monoisotopic (exact) mass is 621 g/mol. The van der Waals surface area contributed by atoms with Crippen molar-refractivity contribution in [2.24, 2.45) is 0 Å². The van der Waals surface area contributed by atoms with Crippen molar-refractivity contribution < 1.29 is 19.0 Å². The number of carbonyl (C=O) groups excluding carboxylic acids is 1. The molecule has 5 nitrogen and oxygen atoms in total. The Hall–Kier alpha value is -5.23. The van der Waals surface area contributed by atoms with Crippen LogP contribution in [0.4, 0.5) is 17.1 Å². The minimum Gasteiger partial charge on any atom is -0.462 e. The zero-order chi connectivity index (χ0) is 32.3. The summed E-state index contributed by atoms with van der Waals surface area (Å²) < 4.78 is 16.2. The molecule has 1 heterocycles. The Bertz CT molecular complexity index is 1720. The number of epoxide rings is 1. The van der Waals surface area contributed by atoms with Crippen molar-refractivity contribution >= 4 is 34.7 Å². The van der Waals surface area contributed by atoms with Gasteiger partial charge in [-0.05, 0) is 82.3 Å².